The molecule has 3 N–H and O–H groups in total. The molecule has 1 heterocycles. The highest BCUT2D eigenvalue weighted by Crippen LogP contribution is 2.33. The molecule has 2 aliphatic rings. The predicted octanol–water partition coefficient (Wildman–Crippen LogP) is 8.05. The summed E-state index contributed by atoms with van der Waals surface area (Å²) in [6.45, 7) is 8.41. The molecule has 0 radical (unpaired) electrons. The number of aromatic carboxylic acids is 1. The Hall–Kier alpha value is -4.86. The van der Waals surface area contributed by atoms with Crippen molar-refractivity contribution in [2.45, 2.75) is 78.4 Å². The van der Waals surface area contributed by atoms with Crippen LogP contribution in [0.15, 0.2) is 70.9 Å². The van der Waals surface area contributed by atoms with Gasteiger partial charge in [0.25, 0.3) is 0 Å². The molecule has 3 aromatic carbocycles. The van der Waals surface area contributed by atoms with Crippen molar-refractivity contribution in [3.05, 3.63) is 82.9 Å². The number of carbonyl (C=O) groups is 4. The van der Waals surface area contributed by atoms with Crippen molar-refractivity contribution >= 4 is 35.1 Å². The third-order valence-corrected chi connectivity index (χ3v) is 9.05. The Morgan fingerprint density at radius 2 is 1.69 bits per heavy atom. The summed E-state index contributed by atoms with van der Waals surface area (Å²) < 4.78 is 5.34. The first-order chi connectivity index (χ1) is 22.8. The second-order valence-electron chi connectivity index (χ2n) is 13.9. The first kappa shape index (κ1) is 34.5. The number of aryl methyl sites for hydroxylation is 1. The van der Waals surface area contributed by atoms with Crippen LogP contribution in [-0.2, 0) is 27.3 Å². The molecule has 1 aliphatic heterocycles. The standard InChI is InChI=1S/C38H44N4O6/c1-23-17-28(36(45)46)14-16-32(23)26-9-5-24(6-10-26)18-30(35(44)41-31-15-13-29-22-40-42-33(29)20-31)19-34(43)27-11-7-25(8-12-27)21-39-37(47)48-38(2,3)4/h5-6,9-10,13-17,20,25,27,30H,7-8,11-12,18-19,21-22H2,1-4H3,(H,39,47)(H,41,44)(H,45,46)/t25?,27?,30-/m1/s1. The van der Waals surface area contributed by atoms with Gasteiger partial charge in [-0.25, -0.2) is 9.59 Å². The van der Waals surface area contributed by atoms with Gasteiger partial charge in [0.05, 0.1) is 17.8 Å². The Bertz CT molecular complexity index is 1700. The number of nitrogens with one attached hydrogen (secondary N) is 2. The molecule has 0 spiro atoms. The SMILES string of the molecule is Cc1cc(C(=O)O)ccc1-c1ccc(C[C@H](CC(=O)C2CCC(CNC(=O)OC(C)(C)C)CC2)C(=O)Nc2ccc3c(c2)N=NC3)cc1. The summed E-state index contributed by atoms with van der Waals surface area (Å²) in [5.74, 6) is -1.54. The largest absolute Gasteiger partial charge is 0.478 e. The maximum atomic E-state index is 13.7. The molecule has 1 fully saturated rings. The monoisotopic (exact) mass is 652 g/mol. The average Bonchev–Trinajstić information content (AvgIpc) is 3.51. The number of benzene rings is 3. The van der Waals surface area contributed by atoms with E-state index in [1.54, 1.807) is 18.2 Å². The number of amides is 2. The van der Waals surface area contributed by atoms with E-state index in [9.17, 15) is 24.3 Å². The van der Waals surface area contributed by atoms with Crippen LogP contribution in [0.2, 0.25) is 0 Å². The third kappa shape index (κ3) is 9.14. The van der Waals surface area contributed by atoms with E-state index in [1.165, 1.54) is 0 Å². The van der Waals surface area contributed by atoms with Crippen LogP contribution in [0.3, 0.4) is 0 Å². The summed E-state index contributed by atoms with van der Waals surface area (Å²) in [5, 5.41) is 23.4. The van der Waals surface area contributed by atoms with E-state index < -0.39 is 23.6 Å². The molecule has 0 unspecified atom stereocenters. The topological polar surface area (TPSA) is 147 Å². The van der Waals surface area contributed by atoms with Crippen LogP contribution in [0.1, 0.15) is 79.9 Å². The van der Waals surface area contributed by atoms with Crippen molar-refractivity contribution < 1.29 is 29.0 Å². The van der Waals surface area contributed by atoms with Crippen molar-refractivity contribution in [2.24, 2.45) is 28.0 Å². The minimum absolute atomic E-state index is 0.0854. The molecule has 0 bridgehead atoms. The van der Waals surface area contributed by atoms with Gasteiger partial charge in [0.15, 0.2) is 0 Å². The van der Waals surface area contributed by atoms with E-state index in [4.69, 9.17) is 4.74 Å². The fourth-order valence-electron chi connectivity index (χ4n) is 6.42. The van der Waals surface area contributed by atoms with E-state index in [0.717, 1.165) is 59.2 Å². The summed E-state index contributed by atoms with van der Waals surface area (Å²) in [4.78, 5) is 50.8. The molecule has 48 heavy (non-hydrogen) atoms. The van der Waals surface area contributed by atoms with Crippen LogP contribution < -0.4 is 10.6 Å². The van der Waals surface area contributed by atoms with Crippen LogP contribution >= 0.6 is 0 Å². The van der Waals surface area contributed by atoms with Crippen molar-refractivity contribution in [2.75, 3.05) is 11.9 Å². The number of alkyl carbamates (subject to hydrolysis) is 1. The van der Waals surface area contributed by atoms with E-state index in [1.807, 2.05) is 70.2 Å². The Kier molecular flexibility index (Phi) is 10.7. The molecule has 2 amide bonds. The molecule has 3 aromatic rings. The zero-order valence-electron chi connectivity index (χ0n) is 28.0. The maximum absolute atomic E-state index is 13.7. The lowest BCUT2D eigenvalue weighted by Gasteiger charge is -2.29. The fourth-order valence-corrected chi connectivity index (χ4v) is 6.42. The minimum atomic E-state index is -0.966. The smallest absolute Gasteiger partial charge is 0.407 e. The molecule has 10 nitrogen and oxygen atoms in total. The number of azo groups is 1. The average molecular weight is 653 g/mol. The number of Topliss-reactive ketones (excluding diaryl/α,β-unsaturated/α-hetero) is 1. The van der Waals surface area contributed by atoms with Gasteiger partial charge in [-0.1, -0.05) is 36.4 Å². The number of ketones is 1. The van der Waals surface area contributed by atoms with Crippen LogP contribution in [0.4, 0.5) is 16.2 Å². The van der Waals surface area contributed by atoms with Gasteiger partial charge in [-0.05, 0) is 112 Å². The van der Waals surface area contributed by atoms with Crippen LogP contribution in [-0.4, -0.2) is 41.0 Å². The molecular formula is C38H44N4O6. The van der Waals surface area contributed by atoms with E-state index >= 15 is 0 Å². The molecule has 1 aliphatic carbocycles. The summed E-state index contributed by atoms with van der Waals surface area (Å²) in [6, 6.07) is 18.5. The van der Waals surface area contributed by atoms with Gasteiger partial charge in [0.2, 0.25) is 5.91 Å². The van der Waals surface area contributed by atoms with Gasteiger partial charge < -0.3 is 20.5 Å². The summed E-state index contributed by atoms with van der Waals surface area (Å²) in [5.41, 5.74) is 5.69. The second-order valence-corrected chi connectivity index (χ2v) is 13.9. The van der Waals surface area contributed by atoms with Gasteiger partial charge in [-0.15, -0.1) is 0 Å². The summed E-state index contributed by atoms with van der Waals surface area (Å²) in [7, 11) is 0. The number of hydrogen-bond acceptors (Lipinski definition) is 7. The lowest BCUT2D eigenvalue weighted by Crippen LogP contribution is -2.37. The molecule has 252 valence electrons. The Balaban J connectivity index is 1.25. The maximum Gasteiger partial charge on any atom is 0.407 e. The fraction of sp³-hybridized carbons (Fsp3) is 0.421. The lowest BCUT2D eigenvalue weighted by molar-refractivity contribution is -0.129. The zero-order chi connectivity index (χ0) is 34.4. The van der Waals surface area contributed by atoms with E-state index in [-0.39, 0.29) is 35.5 Å². The highest BCUT2D eigenvalue weighted by Gasteiger charge is 2.31. The van der Waals surface area contributed by atoms with Crippen molar-refractivity contribution in [1.82, 2.24) is 5.32 Å². The number of rotatable bonds is 11. The van der Waals surface area contributed by atoms with Crippen LogP contribution in [0.5, 0.6) is 0 Å². The summed E-state index contributed by atoms with van der Waals surface area (Å²) in [6.07, 6.45) is 3.16. The number of carboxylic acids is 1. The third-order valence-electron chi connectivity index (χ3n) is 9.05. The lowest BCUT2D eigenvalue weighted by atomic mass is 9.77. The molecule has 10 heteroatoms. The molecule has 0 aromatic heterocycles. The van der Waals surface area contributed by atoms with Crippen LogP contribution in [0, 0.1) is 24.7 Å². The van der Waals surface area contributed by atoms with E-state index in [0.29, 0.717) is 25.2 Å². The molecular weight excluding hydrogens is 608 g/mol. The van der Waals surface area contributed by atoms with Crippen LogP contribution in [0.25, 0.3) is 11.1 Å². The Labute approximate surface area is 281 Å². The number of anilines is 1. The number of ether oxygens (including phenoxy) is 1. The zero-order valence-corrected chi connectivity index (χ0v) is 28.0. The summed E-state index contributed by atoms with van der Waals surface area (Å²) >= 11 is 0. The number of carboxylic acid groups (broad SMARTS) is 1. The van der Waals surface area contributed by atoms with Crippen molar-refractivity contribution in [3.63, 3.8) is 0 Å². The second kappa shape index (κ2) is 14.9. The Morgan fingerprint density at radius 1 is 0.958 bits per heavy atom. The van der Waals surface area contributed by atoms with Gasteiger partial charge in [0, 0.05) is 36.1 Å². The normalized spacial score (nSPS) is 17.7. The van der Waals surface area contributed by atoms with Crippen molar-refractivity contribution in [1.29, 1.82) is 0 Å². The number of nitrogens with zero attached hydrogens (tertiary/aromatic N) is 2. The van der Waals surface area contributed by atoms with E-state index in [2.05, 4.69) is 20.9 Å². The van der Waals surface area contributed by atoms with Gasteiger partial charge in [0.1, 0.15) is 11.4 Å². The molecule has 1 saturated carbocycles. The van der Waals surface area contributed by atoms with Gasteiger partial charge >= 0.3 is 12.1 Å². The first-order valence-corrected chi connectivity index (χ1v) is 16.6. The molecule has 5 rings (SSSR count). The van der Waals surface area contributed by atoms with Gasteiger partial charge in [-0.3, -0.25) is 9.59 Å². The number of carbonyl (C=O) groups excluding carboxylic acids is 3. The predicted molar refractivity (Wildman–Crippen MR) is 183 cm³/mol. The Morgan fingerprint density at radius 3 is 2.35 bits per heavy atom. The highest BCUT2D eigenvalue weighted by atomic mass is 16.6. The molecule has 0 saturated heterocycles. The molecule has 1 atom stereocenters. The minimum Gasteiger partial charge on any atom is -0.478 e. The van der Waals surface area contributed by atoms with Gasteiger partial charge in [-0.2, -0.15) is 10.2 Å². The number of fused-ring (bicyclic) bond motifs is 1. The quantitative estimate of drug-likeness (QED) is 0.191. The highest BCUT2D eigenvalue weighted by molar-refractivity contribution is 5.96. The first-order valence-electron chi connectivity index (χ1n) is 16.6. The number of hydrogen-bond donors (Lipinski definition) is 3. The van der Waals surface area contributed by atoms with Crippen molar-refractivity contribution in [3.8, 4) is 11.1 Å².